The lowest BCUT2D eigenvalue weighted by atomic mass is 9.70. The van der Waals surface area contributed by atoms with E-state index >= 15 is 0 Å². The molecular formula is C25H16I2. The predicted molar refractivity (Wildman–Crippen MR) is 131 cm³/mol. The van der Waals surface area contributed by atoms with Gasteiger partial charge in [0.2, 0.25) is 0 Å². The molecule has 0 amide bonds. The van der Waals surface area contributed by atoms with Crippen LogP contribution < -0.4 is 0 Å². The van der Waals surface area contributed by atoms with Gasteiger partial charge in [0.25, 0.3) is 0 Å². The summed E-state index contributed by atoms with van der Waals surface area (Å²) in [5.41, 5.74) is 10.9. The number of fused-ring (bicyclic) bond motifs is 10. The van der Waals surface area contributed by atoms with E-state index in [1.54, 1.807) is 0 Å². The van der Waals surface area contributed by atoms with Gasteiger partial charge in [-0.3, -0.25) is 0 Å². The van der Waals surface area contributed by atoms with Crippen molar-refractivity contribution in [1.29, 1.82) is 0 Å². The van der Waals surface area contributed by atoms with Crippen molar-refractivity contribution in [2.45, 2.75) is 5.41 Å². The molecule has 0 saturated heterocycles. The highest BCUT2D eigenvalue weighted by atomic mass is 128. The van der Waals surface area contributed by atoms with Crippen LogP contribution in [0.1, 0.15) is 22.3 Å². The number of rotatable bonds is 0. The second-order valence-corrected chi connectivity index (χ2v) is 6.93. The SMILES string of the molecule is II.c1ccc2c(c1)-c1ccccc1C21c2ccccc2-c2ccccc21. The first-order valence-electron chi connectivity index (χ1n) is 8.95. The van der Waals surface area contributed by atoms with Crippen molar-refractivity contribution in [3.63, 3.8) is 0 Å². The molecule has 0 bridgehead atoms. The summed E-state index contributed by atoms with van der Waals surface area (Å²) < 4.78 is 0. The smallest absolute Gasteiger partial charge is 0.0619 e. The van der Waals surface area contributed by atoms with Gasteiger partial charge in [0.1, 0.15) is 0 Å². The summed E-state index contributed by atoms with van der Waals surface area (Å²) in [5, 5.41) is 0. The second-order valence-electron chi connectivity index (χ2n) is 6.93. The Kier molecular flexibility index (Phi) is 4.36. The molecule has 2 heteroatoms. The van der Waals surface area contributed by atoms with E-state index in [2.05, 4.69) is 134 Å². The molecule has 0 heterocycles. The molecule has 0 radical (unpaired) electrons. The summed E-state index contributed by atoms with van der Waals surface area (Å²) in [7, 11) is 0. The minimum Gasteiger partial charge on any atom is -0.0619 e. The fourth-order valence-electron chi connectivity index (χ4n) is 5.05. The van der Waals surface area contributed by atoms with Gasteiger partial charge in [-0.25, -0.2) is 0 Å². The largest absolute Gasteiger partial charge is 0.0725 e. The van der Waals surface area contributed by atoms with Crippen LogP contribution in [-0.2, 0) is 5.41 Å². The number of benzene rings is 4. The summed E-state index contributed by atoms with van der Waals surface area (Å²) >= 11 is 4.24. The van der Waals surface area contributed by atoms with E-state index in [1.807, 2.05) is 0 Å². The zero-order chi connectivity index (χ0) is 18.4. The van der Waals surface area contributed by atoms with Crippen molar-refractivity contribution in [1.82, 2.24) is 0 Å². The van der Waals surface area contributed by atoms with Gasteiger partial charge < -0.3 is 0 Å². The van der Waals surface area contributed by atoms with Crippen LogP contribution >= 0.6 is 37.2 Å². The first-order valence-corrected chi connectivity index (χ1v) is 15.2. The van der Waals surface area contributed by atoms with Crippen molar-refractivity contribution in [2.24, 2.45) is 0 Å². The van der Waals surface area contributed by atoms with Crippen molar-refractivity contribution >= 4 is 37.2 Å². The van der Waals surface area contributed by atoms with Crippen molar-refractivity contribution < 1.29 is 0 Å². The van der Waals surface area contributed by atoms with Gasteiger partial charge in [0.05, 0.1) is 5.41 Å². The maximum absolute atomic E-state index is 2.31. The summed E-state index contributed by atoms with van der Waals surface area (Å²) in [6.45, 7) is 0. The van der Waals surface area contributed by atoms with E-state index < -0.39 is 0 Å². The molecular weight excluding hydrogens is 554 g/mol. The van der Waals surface area contributed by atoms with E-state index in [4.69, 9.17) is 0 Å². The van der Waals surface area contributed by atoms with E-state index in [9.17, 15) is 0 Å². The molecule has 0 unspecified atom stereocenters. The fourth-order valence-corrected chi connectivity index (χ4v) is 5.05. The normalized spacial score (nSPS) is 13.9. The minimum absolute atomic E-state index is 0.180. The third kappa shape index (κ3) is 2.20. The molecule has 4 aromatic carbocycles. The maximum Gasteiger partial charge on any atom is 0.0725 e. The molecule has 27 heavy (non-hydrogen) atoms. The average Bonchev–Trinajstić information content (AvgIpc) is 3.23. The zero-order valence-electron chi connectivity index (χ0n) is 14.5. The van der Waals surface area contributed by atoms with Crippen LogP contribution in [0.3, 0.4) is 0 Å². The van der Waals surface area contributed by atoms with Gasteiger partial charge in [-0.05, 0) is 44.5 Å². The Morgan fingerprint density at radius 1 is 0.370 bits per heavy atom. The molecule has 0 saturated carbocycles. The quantitative estimate of drug-likeness (QED) is 0.164. The molecule has 0 nitrogen and oxygen atoms in total. The lowest BCUT2D eigenvalue weighted by molar-refractivity contribution is 0.794. The lowest BCUT2D eigenvalue weighted by Crippen LogP contribution is -2.25. The Morgan fingerprint density at radius 3 is 0.852 bits per heavy atom. The van der Waals surface area contributed by atoms with Crippen LogP contribution in [0, 0.1) is 0 Å². The van der Waals surface area contributed by atoms with Crippen LogP contribution in [0.2, 0.25) is 0 Å². The van der Waals surface area contributed by atoms with Gasteiger partial charge in [-0.15, -0.1) is 0 Å². The molecule has 2 aliphatic rings. The van der Waals surface area contributed by atoms with Crippen LogP contribution in [0.25, 0.3) is 22.3 Å². The first kappa shape index (κ1) is 17.4. The summed E-state index contributed by atoms with van der Waals surface area (Å²) in [4.78, 5) is 0. The second kappa shape index (κ2) is 6.74. The third-order valence-corrected chi connectivity index (χ3v) is 5.90. The van der Waals surface area contributed by atoms with Crippen molar-refractivity contribution in [3.05, 3.63) is 119 Å². The van der Waals surface area contributed by atoms with Gasteiger partial charge in [0.15, 0.2) is 0 Å². The molecule has 0 fully saturated rings. The van der Waals surface area contributed by atoms with Crippen LogP contribution in [-0.4, -0.2) is 0 Å². The third-order valence-electron chi connectivity index (χ3n) is 5.90. The maximum atomic E-state index is 2.31. The van der Waals surface area contributed by atoms with Gasteiger partial charge in [0, 0.05) is 37.2 Å². The average molecular weight is 570 g/mol. The van der Waals surface area contributed by atoms with E-state index in [0.29, 0.717) is 0 Å². The minimum atomic E-state index is -0.180. The molecule has 0 N–H and O–H groups in total. The van der Waals surface area contributed by atoms with Gasteiger partial charge in [-0.2, -0.15) is 0 Å². The standard InChI is InChI=1S/C25H16.I2/c1-5-13-21-17(9-1)18-10-2-6-14-22(18)25(21)23-15-7-3-11-19(23)20-12-4-8-16-24(20)25;1-2/h1-16H;. The molecule has 0 aliphatic heterocycles. The number of hydrogen-bond donors (Lipinski definition) is 0. The van der Waals surface area contributed by atoms with E-state index in [0.717, 1.165) is 0 Å². The Morgan fingerprint density at radius 2 is 0.593 bits per heavy atom. The molecule has 6 rings (SSSR count). The Labute approximate surface area is 183 Å². The topological polar surface area (TPSA) is 0 Å². The molecule has 130 valence electrons. The van der Waals surface area contributed by atoms with Crippen LogP contribution in [0.4, 0.5) is 0 Å². The van der Waals surface area contributed by atoms with Gasteiger partial charge in [-0.1, -0.05) is 97.1 Å². The van der Waals surface area contributed by atoms with Gasteiger partial charge >= 0.3 is 0 Å². The highest BCUT2D eigenvalue weighted by Gasteiger charge is 2.51. The lowest BCUT2D eigenvalue weighted by Gasteiger charge is -2.30. The van der Waals surface area contributed by atoms with Crippen LogP contribution in [0.5, 0.6) is 0 Å². The molecule has 1 spiro atoms. The zero-order valence-corrected chi connectivity index (χ0v) is 18.8. The van der Waals surface area contributed by atoms with E-state index in [1.165, 1.54) is 44.5 Å². The Bertz CT molecular complexity index is 973. The number of halogens is 2. The predicted octanol–water partition coefficient (Wildman–Crippen LogP) is 7.80. The van der Waals surface area contributed by atoms with Crippen molar-refractivity contribution in [2.75, 3.05) is 0 Å². The number of hydrogen-bond acceptors (Lipinski definition) is 0. The summed E-state index contributed by atoms with van der Waals surface area (Å²) in [6, 6.07) is 35.7. The monoisotopic (exact) mass is 570 g/mol. The van der Waals surface area contributed by atoms with Crippen molar-refractivity contribution in [3.8, 4) is 22.3 Å². The fraction of sp³-hybridized carbons (Fsp3) is 0.0400. The highest BCUT2D eigenvalue weighted by Crippen LogP contribution is 2.62. The Balaban J connectivity index is 0.000000777. The molecule has 0 aromatic heterocycles. The Hall–Kier alpha value is -1.66. The first-order chi connectivity index (χ1) is 13.4. The molecule has 0 atom stereocenters. The molecule has 2 aliphatic carbocycles. The summed E-state index contributed by atoms with van der Waals surface area (Å²) in [6.07, 6.45) is 0. The van der Waals surface area contributed by atoms with Crippen LogP contribution in [0.15, 0.2) is 97.1 Å². The highest BCUT2D eigenvalue weighted by molar-refractivity contribution is 15.0. The van der Waals surface area contributed by atoms with E-state index in [-0.39, 0.29) is 5.41 Å². The summed E-state index contributed by atoms with van der Waals surface area (Å²) in [5.74, 6) is 0. The molecule has 4 aromatic rings.